The SMILES string of the molecule is N#Cc1cccc(C2C=C(c3ccccc3)NC(c3cccc(-n4c5ccccc5c5ccc6c(c54)C(c4ccccc4)(C4C=CC=CC4)c4ccccc4-6)c3)=N2)c1. The Labute approximate surface area is 338 Å². The van der Waals surface area contributed by atoms with Gasteiger partial charge in [-0.2, -0.15) is 5.26 Å². The van der Waals surface area contributed by atoms with Crippen molar-refractivity contribution in [2.75, 3.05) is 0 Å². The van der Waals surface area contributed by atoms with Gasteiger partial charge >= 0.3 is 0 Å². The van der Waals surface area contributed by atoms with Crippen molar-refractivity contribution in [1.29, 1.82) is 5.26 Å². The van der Waals surface area contributed by atoms with Crippen LogP contribution in [-0.2, 0) is 5.41 Å². The minimum absolute atomic E-state index is 0.200. The van der Waals surface area contributed by atoms with Gasteiger partial charge in [0.25, 0.3) is 0 Å². The van der Waals surface area contributed by atoms with Crippen molar-refractivity contribution < 1.29 is 0 Å². The van der Waals surface area contributed by atoms with Crippen molar-refractivity contribution >= 4 is 33.3 Å². The molecular weight excluding hydrogens is 705 g/mol. The summed E-state index contributed by atoms with van der Waals surface area (Å²) in [5.74, 6) is 0.984. The largest absolute Gasteiger partial charge is 0.340 e. The van der Waals surface area contributed by atoms with Crippen LogP contribution >= 0.6 is 0 Å². The van der Waals surface area contributed by atoms with Gasteiger partial charge in [-0.25, -0.2) is 0 Å². The molecule has 4 heteroatoms. The highest BCUT2D eigenvalue weighted by atomic mass is 15.0. The lowest BCUT2D eigenvalue weighted by atomic mass is 9.62. The van der Waals surface area contributed by atoms with Crippen molar-refractivity contribution in [3.05, 3.63) is 239 Å². The zero-order valence-electron chi connectivity index (χ0n) is 31.8. The van der Waals surface area contributed by atoms with Gasteiger partial charge < -0.3 is 9.88 Å². The molecule has 1 N–H and O–H groups in total. The number of benzene rings is 7. The monoisotopic (exact) mass is 742 g/mol. The van der Waals surface area contributed by atoms with E-state index in [1.54, 1.807) is 0 Å². The molecule has 0 amide bonds. The molecule has 0 saturated heterocycles. The number of nitrogens with one attached hydrogen (secondary N) is 1. The van der Waals surface area contributed by atoms with Crippen LogP contribution in [0.4, 0.5) is 0 Å². The molecule has 1 aliphatic heterocycles. The summed E-state index contributed by atoms with van der Waals surface area (Å²) in [5, 5.41) is 15.9. The fourth-order valence-electron chi connectivity index (χ4n) is 9.87. The lowest BCUT2D eigenvalue weighted by Gasteiger charge is -2.40. The minimum atomic E-state index is -0.437. The number of allylic oxidation sites excluding steroid dienone is 4. The Morgan fingerprint density at radius 3 is 2.29 bits per heavy atom. The van der Waals surface area contributed by atoms with Gasteiger partial charge in [0.05, 0.1) is 34.1 Å². The Morgan fingerprint density at radius 2 is 1.45 bits per heavy atom. The number of nitrogens with zero attached hydrogens (tertiary/aromatic N) is 3. The number of amidine groups is 1. The Hall–Kier alpha value is -7.48. The first-order valence-electron chi connectivity index (χ1n) is 20.0. The van der Waals surface area contributed by atoms with Crippen LogP contribution in [0.25, 0.3) is 44.3 Å². The smallest absolute Gasteiger partial charge is 0.133 e. The topological polar surface area (TPSA) is 53.1 Å². The van der Waals surface area contributed by atoms with E-state index in [0.29, 0.717) is 5.56 Å². The van der Waals surface area contributed by atoms with Gasteiger partial charge in [0.15, 0.2) is 0 Å². The summed E-state index contributed by atoms with van der Waals surface area (Å²) in [6, 6.07) is 62.8. The third-order valence-corrected chi connectivity index (χ3v) is 12.3. The molecule has 0 spiro atoms. The third-order valence-electron chi connectivity index (χ3n) is 12.3. The highest BCUT2D eigenvalue weighted by Crippen LogP contribution is 2.60. The predicted octanol–water partition coefficient (Wildman–Crippen LogP) is 12.2. The number of aliphatic imine (C=N–C) groups is 1. The van der Waals surface area contributed by atoms with Gasteiger partial charge in [-0.3, -0.25) is 4.99 Å². The van der Waals surface area contributed by atoms with E-state index in [0.717, 1.165) is 45.8 Å². The van der Waals surface area contributed by atoms with Gasteiger partial charge in [0, 0.05) is 33.3 Å². The van der Waals surface area contributed by atoms with Crippen LogP contribution in [0.1, 0.15) is 51.4 Å². The van der Waals surface area contributed by atoms with Crippen LogP contribution in [0.2, 0.25) is 0 Å². The van der Waals surface area contributed by atoms with Crippen molar-refractivity contribution in [1.82, 2.24) is 9.88 Å². The molecule has 274 valence electrons. The number of aromatic nitrogens is 1. The highest BCUT2D eigenvalue weighted by molar-refractivity contribution is 6.14. The minimum Gasteiger partial charge on any atom is -0.340 e. The number of rotatable bonds is 6. The molecule has 0 saturated carbocycles. The summed E-state index contributed by atoms with van der Waals surface area (Å²) in [6.45, 7) is 0. The van der Waals surface area contributed by atoms with Crippen LogP contribution < -0.4 is 5.32 Å². The van der Waals surface area contributed by atoms with Gasteiger partial charge in [-0.1, -0.05) is 164 Å². The maximum atomic E-state index is 9.75. The van der Waals surface area contributed by atoms with E-state index in [1.807, 2.05) is 24.3 Å². The summed E-state index contributed by atoms with van der Waals surface area (Å²) >= 11 is 0. The van der Waals surface area contributed by atoms with E-state index >= 15 is 0 Å². The Kier molecular flexibility index (Phi) is 7.94. The lowest BCUT2D eigenvalue weighted by molar-refractivity contribution is 0.459. The highest BCUT2D eigenvalue weighted by Gasteiger charge is 2.50. The molecule has 3 atom stereocenters. The van der Waals surface area contributed by atoms with Crippen LogP contribution in [-0.4, -0.2) is 10.4 Å². The third kappa shape index (κ3) is 5.17. The van der Waals surface area contributed by atoms with Crippen LogP contribution in [0.5, 0.6) is 0 Å². The summed E-state index contributed by atoms with van der Waals surface area (Å²) < 4.78 is 2.50. The maximum Gasteiger partial charge on any atom is 0.133 e. The summed E-state index contributed by atoms with van der Waals surface area (Å²) in [5.41, 5.74) is 14.3. The van der Waals surface area contributed by atoms with Crippen LogP contribution in [0.3, 0.4) is 0 Å². The Morgan fingerprint density at radius 1 is 0.672 bits per heavy atom. The zero-order valence-corrected chi connectivity index (χ0v) is 31.8. The zero-order chi connectivity index (χ0) is 38.6. The summed E-state index contributed by atoms with van der Waals surface area (Å²) in [6.07, 6.45) is 12.3. The molecule has 0 bridgehead atoms. The maximum absolute atomic E-state index is 9.75. The number of fused-ring (bicyclic) bond motifs is 7. The Balaban J connectivity index is 1.17. The normalized spacial score (nSPS) is 19.2. The molecule has 2 aliphatic carbocycles. The van der Waals surface area contributed by atoms with E-state index < -0.39 is 5.41 Å². The molecule has 58 heavy (non-hydrogen) atoms. The molecular formula is C54H38N4. The molecule has 8 aromatic rings. The fourth-order valence-corrected chi connectivity index (χ4v) is 9.87. The van der Waals surface area contributed by atoms with Crippen molar-refractivity contribution in [3.8, 4) is 22.9 Å². The lowest BCUT2D eigenvalue weighted by Crippen LogP contribution is -2.36. The second-order valence-electron chi connectivity index (χ2n) is 15.4. The van der Waals surface area contributed by atoms with Crippen LogP contribution in [0, 0.1) is 17.2 Å². The van der Waals surface area contributed by atoms with Crippen molar-refractivity contribution in [2.24, 2.45) is 10.9 Å². The van der Waals surface area contributed by atoms with E-state index in [4.69, 9.17) is 4.99 Å². The first kappa shape index (κ1) is 33.8. The summed E-state index contributed by atoms with van der Waals surface area (Å²) in [7, 11) is 0. The van der Waals surface area contributed by atoms with Crippen LogP contribution in [0.15, 0.2) is 205 Å². The number of hydrogen-bond acceptors (Lipinski definition) is 3. The fraction of sp³-hybridized carbons (Fsp3) is 0.0741. The molecule has 4 nitrogen and oxygen atoms in total. The Bertz CT molecular complexity index is 3080. The molecule has 0 fully saturated rings. The molecule has 2 heterocycles. The predicted molar refractivity (Wildman–Crippen MR) is 237 cm³/mol. The second-order valence-corrected chi connectivity index (χ2v) is 15.4. The van der Waals surface area contributed by atoms with Gasteiger partial charge in [-0.15, -0.1) is 0 Å². The average Bonchev–Trinajstić information content (AvgIpc) is 3.81. The molecule has 3 aliphatic rings. The summed E-state index contributed by atoms with van der Waals surface area (Å²) in [4.78, 5) is 5.33. The molecule has 0 radical (unpaired) electrons. The van der Waals surface area contributed by atoms with E-state index in [9.17, 15) is 5.26 Å². The van der Waals surface area contributed by atoms with E-state index in [2.05, 4.69) is 192 Å². The first-order valence-corrected chi connectivity index (χ1v) is 20.0. The number of nitriles is 1. The van der Waals surface area contributed by atoms with Gasteiger partial charge in [0.2, 0.25) is 0 Å². The quantitative estimate of drug-likeness (QED) is 0.184. The average molecular weight is 743 g/mol. The second kappa shape index (κ2) is 13.6. The molecule has 1 aromatic heterocycles. The number of para-hydroxylation sites is 1. The van der Waals surface area contributed by atoms with Gasteiger partial charge in [0.1, 0.15) is 5.84 Å². The standard InChI is InChI=1S/C54H38N4/c55-35-36-16-14-19-38(32-36)49-34-48(37-17-4-1-5-18-37)56-53(57-49)39-20-15-25-42(33-39)58-50-29-13-11-27-44(50)46-31-30-45-43-26-10-12-28-47(43)54(51(45)52(46)58,40-21-6-2-7-22-40)41-23-8-3-9-24-41/h1-23,25-34,41,49H,24H2,(H,56,57). The first-order chi connectivity index (χ1) is 28.7. The van der Waals surface area contributed by atoms with Gasteiger partial charge in [-0.05, 0) is 82.1 Å². The van der Waals surface area contributed by atoms with E-state index in [1.165, 1.54) is 44.1 Å². The van der Waals surface area contributed by atoms with Crippen molar-refractivity contribution in [2.45, 2.75) is 17.9 Å². The number of hydrogen-bond donors (Lipinski definition) is 1. The molecule has 3 unspecified atom stereocenters. The molecule has 11 rings (SSSR count). The molecule has 7 aromatic carbocycles. The van der Waals surface area contributed by atoms with E-state index in [-0.39, 0.29) is 12.0 Å². The van der Waals surface area contributed by atoms with Crippen molar-refractivity contribution in [3.63, 3.8) is 0 Å².